The molecule has 0 amide bonds. The maximum Gasteiger partial charge on any atom is 0.165 e. The number of aldehydes is 1. The maximum atomic E-state index is 11.0. The molecule has 0 aliphatic rings. The number of anilines is 1. The zero-order valence-electron chi connectivity index (χ0n) is 11.8. The number of ether oxygens (including phenoxy) is 1. The Balaban J connectivity index is 2.53. The normalized spacial score (nSPS) is 10.2. The second-order valence-electron chi connectivity index (χ2n) is 4.68. The van der Waals surface area contributed by atoms with Crippen LogP contribution in [-0.2, 0) is 0 Å². The van der Waals surface area contributed by atoms with E-state index in [0.717, 1.165) is 17.5 Å². The minimum atomic E-state index is 0.0377. The summed E-state index contributed by atoms with van der Waals surface area (Å²) < 4.78 is 5.09. The van der Waals surface area contributed by atoms with Gasteiger partial charge in [0.15, 0.2) is 11.5 Å². The van der Waals surface area contributed by atoms with Gasteiger partial charge in [-0.3, -0.25) is 4.79 Å². The average molecular weight is 271 g/mol. The number of phenols is 1. The fourth-order valence-corrected chi connectivity index (χ4v) is 2.01. The van der Waals surface area contributed by atoms with E-state index in [4.69, 9.17) is 4.74 Å². The topological polar surface area (TPSA) is 49.8 Å². The van der Waals surface area contributed by atoms with Crippen LogP contribution in [0.25, 0.3) is 11.1 Å². The van der Waals surface area contributed by atoms with Gasteiger partial charge in [-0.05, 0) is 29.8 Å². The number of aromatic hydroxyl groups is 1. The molecule has 0 saturated heterocycles. The minimum absolute atomic E-state index is 0.0377. The van der Waals surface area contributed by atoms with Crippen molar-refractivity contribution in [1.29, 1.82) is 0 Å². The van der Waals surface area contributed by atoms with Gasteiger partial charge in [0.2, 0.25) is 0 Å². The molecule has 0 bridgehead atoms. The Morgan fingerprint density at radius 3 is 2.30 bits per heavy atom. The van der Waals surface area contributed by atoms with Gasteiger partial charge in [-0.25, -0.2) is 0 Å². The van der Waals surface area contributed by atoms with Gasteiger partial charge in [0.1, 0.15) is 6.29 Å². The van der Waals surface area contributed by atoms with E-state index in [1.54, 1.807) is 6.07 Å². The molecular weight excluding hydrogens is 254 g/mol. The number of carbonyl (C=O) groups is 1. The first-order valence-electron chi connectivity index (χ1n) is 6.20. The average Bonchev–Trinajstić information content (AvgIpc) is 2.47. The summed E-state index contributed by atoms with van der Waals surface area (Å²) >= 11 is 0. The van der Waals surface area contributed by atoms with Crippen LogP contribution in [-0.4, -0.2) is 32.6 Å². The van der Waals surface area contributed by atoms with Crippen molar-refractivity contribution in [3.05, 3.63) is 42.0 Å². The quantitative estimate of drug-likeness (QED) is 0.869. The molecule has 0 spiro atoms. The highest BCUT2D eigenvalue weighted by Crippen LogP contribution is 2.38. The van der Waals surface area contributed by atoms with E-state index in [-0.39, 0.29) is 5.75 Å². The lowest BCUT2D eigenvalue weighted by Crippen LogP contribution is -2.07. The Hall–Kier alpha value is -2.49. The van der Waals surface area contributed by atoms with E-state index < -0.39 is 0 Å². The van der Waals surface area contributed by atoms with Crippen LogP contribution in [0.1, 0.15) is 10.4 Å². The van der Waals surface area contributed by atoms with Crippen molar-refractivity contribution in [2.24, 2.45) is 0 Å². The number of rotatable bonds is 4. The van der Waals surface area contributed by atoms with Crippen molar-refractivity contribution in [2.75, 3.05) is 26.1 Å². The molecule has 2 aromatic carbocycles. The van der Waals surface area contributed by atoms with Crippen LogP contribution in [0.5, 0.6) is 11.5 Å². The highest BCUT2D eigenvalue weighted by Gasteiger charge is 2.12. The second kappa shape index (κ2) is 5.65. The standard InChI is InChI=1S/C16H17NO3/c1-17(2)13-6-4-12(5-7-13)14-8-11(10-18)9-15(20-3)16(14)19/h4-10,19H,1-3H3. The Morgan fingerprint density at radius 1 is 1.15 bits per heavy atom. The van der Waals surface area contributed by atoms with Crippen LogP contribution in [0.2, 0.25) is 0 Å². The fourth-order valence-electron chi connectivity index (χ4n) is 2.01. The summed E-state index contributed by atoms with van der Waals surface area (Å²) in [5, 5.41) is 10.2. The molecule has 0 unspecified atom stereocenters. The fraction of sp³-hybridized carbons (Fsp3) is 0.188. The van der Waals surface area contributed by atoms with Gasteiger partial charge in [0.05, 0.1) is 7.11 Å². The zero-order valence-corrected chi connectivity index (χ0v) is 11.8. The molecular formula is C16H17NO3. The number of hydrogen-bond acceptors (Lipinski definition) is 4. The van der Waals surface area contributed by atoms with Gasteiger partial charge in [0, 0.05) is 30.9 Å². The van der Waals surface area contributed by atoms with Gasteiger partial charge >= 0.3 is 0 Å². The summed E-state index contributed by atoms with van der Waals surface area (Å²) in [5.74, 6) is 0.331. The molecule has 104 valence electrons. The van der Waals surface area contributed by atoms with Gasteiger partial charge in [-0.1, -0.05) is 12.1 Å². The van der Waals surface area contributed by atoms with Crippen LogP contribution >= 0.6 is 0 Å². The zero-order chi connectivity index (χ0) is 14.7. The van der Waals surface area contributed by atoms with Crippen molar-refractivity contribution < 1.29 is 14.6 Å². The molecule has 2 rings (SSSR count). The lowest BCUT2D eigenvalue weighted by atomic mass is 10.0. The Bertz CT molecular complexity index is 618. The van der Waals surface area contributed by atoms with E-state index in [0.29, 0.717) is 16.9 Å². The largest absolute Gasteiger partial charge is 0.504 e. The summed E-state index contributed by atoms with van der Waals surface area (Å²) in [6, 6.07) is 10.9. The summed E-state index contributed by atoms with van der Waals surface area (Å²) in [5.41, 5.74) is 2.94. The SMILES string of the molecule is COc1cc(C=O)cc(-c2ccc(N(C)C)cc2)c1O. The molecule has 0 saturated carbocycles. The lowest BCUT2D eigenvalue weighted by molar-refractivity contribution is 0.112. The third-order valence-corrected chi connectivity index (χ3v) is 3.15. The van der Waals surface area contributed by atoms with E-state index in [9.17, 15) is 9.90 Å². The minimum Gasteiger partial charge on any atom is -0.504 e. The molecule has 4 heteroatoms. The first-order chi connectivity index (χ1) is 9.56. The second-order valence-corrected chi connectivity index (χ2v) is 4.68. The Morgan fingerprint density at radius 2 is 1.80 bits per heavy atom. The van der Waals surface area contributed by atoms with E-state index >= 15 is 0 Å². The predicted octanol–water partition coefficient (Wildman–Crippen LogP) is 2.95. The molecule has 0 atom stereocenters. The van der Waals surface area contributed by atoms with Crippen LogP contribution in [0.3, 0.4) is 0 Å². The number of phenolic OH excluding ortho intramolecular Hbond substituents is 1. The molecule has 0 aliphatic heterocycles. The summed E-state index contributed by atoms with van der Waals surface area (Å²) in [7, 11) is 5.38. The third kappa shape index (κ3) is 2.59. The van der Waals surface area contributed by atoms with Crippen LogP contribution in [0, 0.1) is 0 Å². The van der Waals surface area contributed by atoms with E-state index in [2.05, 4.69) is 0 Å². The van der Waals surface area contributed by atoms with E-state index in [1.807, 2.05) is 43.3 Å². The van der Waals surface area contributed by atoms with Gasteiger partial charge in [0.25, 0.3) is 0 Å². The van der Waals surface area contributed by atoms with Gasteiger partial charge < -0.3 is 14.7 Å². The van der Waals surface area contributed by atoms with Crippen molar-refractivity contribution in [2.45, 2.75) is 0 Å². The lowest BCUT2D eigenvalue weighted by Gasteiger charge is -2.14. The molecule has 20 heavy (non-hydrogen) atoms. The molecule has 1 N–H and O–H groups in total. The first-order valence-corrected chi connectivity index (χ1v) is 6.20. The molecule has 0 aromatic heterocycles. The number of methoxy groups -OCH3 is 1. The molecule has 0 fully saturated rings. The smallest absolute Gasteiger partial charge is 0.165 e. The van der Waals surface area contributed by atoms with E-state index in [1.165, 1.54) is 13.2 Å². The van der Waals surface area contributed by atoms with Crippen LogP contribution in [0.4, 0.5) is 5.69 Å². The van der Waals surface area contributed by atoms with Crippen LogP contribution in [0.15, 0.2) is 36.4 Å². The van der Waals surface area contributed by atoms with Crippen molar-refractivity contribution in [3.8, 4) is 22.6 Å². The van der Waals surface area contributed by atoms with Crippen molar-refractivity contribution in [3.63, 3.8) is 0 Å². The van der Waals surface area contributed by atoms with Crippen molar-refractivity contribution in [1.82, 2.24) is 0 Å². The Labute approximate surface area is 118 Å². The Kier molecular flexibility index (Phi) is 3.94. The number of benzene rings is 2. The number of carbonyl (C=O) groups excluding carboxylic acids is 1. The van der Waals surface area contributed by atoms with Crippen molar-refractivity contribution >= 4 is 12.0 Å². The monoisotopic (exact) mass is 271 g/mol. The molecule has 0 heterocycles. The predicted molar refractivity (Wildman–Crippen MR) is 79.8 cm³/mol. The molecule has 0 aliphatic carbocycles. The summed E-state index contributed by atoms with van der Waals surface area (Å²) in [6.07, 6.45) is 0.736. The highest BCUT2D eigenvalue weighted by molar-refractivity contribution is 5.84. The number of hydrogen-bond donors (Lipinski definition) is 1. The first kappa shape index (κ1) is 13.9. The summed E-state index contributed by atoms with van der Waals surface area (Å²) in [4.78, 5) is 13.0. The molecule has 4 nitrogen and oxygen atoms in total. The maximum absolute atomic E-state index is 11.0. The van der Waals surface area contributed by atoms with Gasteiger partial charge in [-0.2, -0.15) is 0 Å². The summed E-state index contributed by atoms with van der Waals surface area (Å²) in [6.45, 7) is 0. The number of nitrogens with zero attached hydrogens (tertiary/aromatic N) is 1. The molecule has 2 aromatic rings. The van der Waals surface area contributed by atoms with Gasteiger partial charge in [-0.15, -0.1) is 0 Å². The highest BCUT2D eigenvalue weighted by atomic mass is 16.5. The third-order valence-electron chi connectivity index (χ3n) is 3.15. The van der Waals surface area contributed by atoms with Crippen LogP contribution < -0.4 is 9.64 Å². The molecule has 0 radical (unpaired) electrons.